The first-order chi connectivity index (χ1) is 14.1. The van der Waals surface area contributed by atoms with Gasteiger partial charge in [-0.2, -0.15) is 9.40 Å². The molecule has 0 aliphatic carbocycles. The standard InChI is InChI=1S/C21H28N4O4S/c1-16-15-19(25(23-16)21(2,3)4)22-20(26)10-7-17-5-8-18(9-6-17)30(27,28)24-11-13-29-14-12-24/h5-10,15H,11-14H2,1-4H3,(H,22,26)/b10-7+. The van der Waals surface area contributed by atoms with E-state index in [1.54, 1.807) is 35.0 Å². The number of ether oxygens (including phenoxy) is 1. The van der Waals surface area contributed by atoms with Crippen LogP contribution in [0.4, 0.5) is 5.82 Å². The van der Waals surface area contributed by atoms with Crippen molar-refractivity contribution in [3.63, 3.8) is 0 Å². The van der Waals surface area contributed by atoms with Crippen molar-refractivity contribution in [1.82, 2.24) is 14.1 Å². The minimum absolute atomic E-state index is 0.232. The summed E-state index contributed by atoms with van der Waals surface area (Å²) in [6, 6.07) is 8.30. The minimum Gasteiger partial charge on any atom is -0.379 e. The second kappa shape index (κ2) is 8.71. The summed E-state index contributed by atoms with van der Waals surface area (Å²) in [7, 11) is -3.53. The number of aromatic nitrogens is 2. The lowest BCUT2D eigenvalue weighted by Crippen LogP contribution is -2.40. The number of anilines is 1. The molecule has 0 radical (unpaired) electrons. The van der Waals surface area contributed by atoms with Gasteiger partial charge in [-0.05, 0) is 51.5 Å². The Bertz CT molecular complexity index is 1030. The molecule has 3 rings (SSSR count). The third-order valence-corrected chi connectivity index (χ3v) is 6.55. The number of aryl methyl sites for hydroxylation is 1. The van der Waals surface area contributed by atoms with Crippen LogP contribution >= 0.6 is 0 Å². The fourth-order valence-corrected chi connectivity index (χ4v) is 4.53. The Morgan fingerprint density at radius 3 is 2.40 bits per heavy atom. The van der Waals surface area contributed by atoms with E-state index in [0.717, 1.165) is 11.3 Å². The van der Waals surface area contributed by atoms with Crippen LogP contribution in [0, 0.1) is 6.92 Å². The summed E-state index contributed by atoms with van der Waals surface area (Å²) in [5, 5.41) is 7.28. The summed E-state index contributed by atoms with van der Waals surface area (Å²) < 4.78 is 33.7. The molecule has 8 nitrogen and oxygen atoms in total. The van der Waals surface area contributed by atoms with Gasteiger partial charge >= 0.3 is 0 Å². The first-order valence-corrected chi connectivity index (χ1v) is 11.3. The van der Waals surface area contributed by atoms with Gasteiger partial charge in [0.1, 0.15) is 5.82 Å². The molecule has 0 saturated carbocycles. The molecule has 2 heterocycles. The summed E-state index contributed by atoms with van der Waals surface area (Å²) in [5.41, 5.74) is 1.29. The maximum absolute atomic E-state index is 12.7. The molecule has 9 heteroatoms. The van der Waals surface area contributed by atoms with E-state index in [2.05, 4.69) is 10.4 Å². The van der Waals surface area contributed by atoms with Crippen LogP contribution < -0.4 is 5.32 Å². The van der Waals surface area contributed by atoms with Gasteiger partial charge in [0.25, 0.3) is 0 Å². The normalized spacial score (nSPS) is 16.1. The molecule has 1 amide bonds. The number of nitrogens with one attached hydrogen (secondary N) is 1. The fourth-order valence-electron chi connectivity index (χ4n) is 3.13. The molecule has 0 unspecified atom stereocenters. The Morgan fingerprint density at radius 2 is 1.80 bits per heavy atom. The van der Waals surface area contributed by atoms with Crippen LogP contribution in [0.1, 0.15) is 32.0 Å². The molecule has 1 aromatic heterocycles. The van der Waals surface area contributed by atoms with Gasteiger partial charge in [0.2, 0.25) is 15.9 Å². The van der Waals surface area contributed by atoms with Gasteiger partial charge in [0.15, 0.2) is 0 Å². The lowest BCUT2D eigenvalue weighted by atomic mass is 10.1. The second-order valence-electron chi connectivity index (χ2n) is 8.16. The molecule has 1 aliphatic rings. The molecule has 0 atom stereocenters. The van der Waals surface area contributed by atoms with E-state index in [1.807, 2.05) is 33.8 Å². The highest BCUT2D eigenvalue weighted by Gasteiger charge is 2.26. The van der Waals surface area contributed by atoms with E-state index in [4.69, 9.17) is 4.74 Å². The maximum atomic E-state index is 12.7. The number of sulfonamides is 1. The highest BCUT2D eigenvalue weighted by atomic mass is 32.2. The molecule has 1 saturated heterocycles. The van der Waals surface area contributed by atoms with Gasteiger partial charge < -0.3 is 10.1 Å². The third kappa shape index (κ3) is 5.16. The van der Waals surface area contributed by atoms with Crippen molar-refractivity contribution >= 4 is 27.8 Å². The number of rotatable bonds is 5. The van der Waals surface area contributed by atoms with E-state index < -0.39 is 10.0 Å². The van der Waals surface area contributed by atoms with Crippen molar-refractivity contribution in [3.05, 3.63) is 47.7 Å². The lowest BCUT2D eigenvalue weighted by Gasteiger charge is -2.26. The summed E-state index contributed by atoms with van der Waals surface area (Å²) in [6.45, 7) is 9.43. The van der Waals surface area contributed by atoms with Crippen LogP contribution in [-0.2, 0) is 25.1 Å². The van der Waals surface area contributed by atoms with Crippen LogP contribution in [-0.4, -0.2) is 54.7 Å². The monoisotopic (exact) mass is 432 g/mol. The molecule has 162 valence electrons. The van der Waals surface area contributed by atoms with Gasteiger partial charge in [-0.3, -0.25) is 4.79 Å². The quantitative estimate of drug-likeness (QED) is 0.733. The van der Waals surface area contributed by atoms with Crippen LogP contribution in [0.2, 0.25) is 0 Å². The van der Waals surface area contributed by atoms with Gasteiger partial charge in [0.05, 0.1) is 29.3 Å². The van der Waals surface area contributed by atoms with Crippen molar-refractivity contribution in [2.45, 2.75) is 38.1 Å². The average Bonchev–Trinajstić information content (AvgIpc) is 3.08. The van der Waals surface area contributed by atoms with Crippen molar-refractivity contribution in [2.75, 3.05) is 31.6 Å². The van der Waals surface area contributed by atoms with Crippen LogP contribution in [0.5, 0.6) is 0 Å². The van der Waals surface area contributed by atoms with E-state index in [0.29, 0.717) is 32.1 Å². The minimum atomic E-state index is -3.53. The fraction of sp³-hybridized carbons (Fsp3) is 0.429. The second-order valence-corrected chi connectivity index (χ2v) is 10.1. The predicted octanol–water partition coefficient (Wildman–Crippen LogP) is 2.62. The van der Waals surface area contributed by atoms with E-state index in [1.165, 1.54) is 10.4 Å². The molecule has 0 bridgehead atoms. The largest absolute Gasteiger partial charge is 0.379 e. The summed E-state index contributed by atoms with van der Waals surface area (Å²) in [5.74, 6) is 0.340. The van der Waals surface area contributed by atoms with E-state index in [-0.39, 0.29) is 16.3 Å². The number of hydrogen-bond acceptors (Lipinski definition) is 5. The van der Waals surface area contributed by atoms with Gasteiger partial charge in [-0.25, -0.2) is 13.1 Å². The lowest BCUT2D eigenvalue weighted by molar-refractivity contribution is -0.111. The van der Waals surface area contributed by atoms with E-state index >= 15 is 0 Å². The van der Waals surface area contributed by atoms with Crippen molar-refractivity contribution in [1.29, 1.82) is 0 Å². The van der Waals surface area contributed by atoms with E-state index in [9.17, 15) is 13.2 Å². The Balaban J connectivity index is 1.68. The molecule has 0 spiro atoms. The van der Waals surface area contributed by atoms with Crippen LogP contribution in [0.25, 0.3) is 6.08 Å². The molecular weight excluding hydrogens is 404 g/mol. The Hall–Kier alpha value is -2.49. The molecule has 1 aliphatic heterocycles. The van der Waals surface area contributed by atoms with Crippen molar-refractivity contribution in [3.8, 4) is 0 Å². The SMILES string of the molecule is Cc1cc(NC(=O)/C=C/c2ccc(S(=O)(=O)N3CCOCC3)cc2)n(C(C)(C)C)n1. The van der Waals surface area contributed by atoms with Gasteiger partial charge in [0, 0.05) is 25.2 Å². The topological polar surface area (TPSA) is 93.5 Å². The van der Waals surface area contributed by atoms with Gasteiger partial charge in [-0.15, -0.1) is 0 Å². The number of carbonyl (C=O) groups excluding carboxylic acids is 1. The Morgan fingerprint density at radius 1 is 1.17 bits per heavy atom. The first kappa shape index (κ1) is 22.2. The van der Waals surface area contributed by atoms with Crippen LogP contribution in [0.15, 0.2) is 41.3 Å². The Labute approximate surface area is 177 Å². The zero-order valence-electron chi connectivity index (χ0n) is 17.8. The number of amides is 1. The zero-order valence-corrected chi connectivity index (χ0v) is 18.6. The molecule has 1 aromatic carbocycles. The molecule has 30 heavy (non-hydrogen) atoms. The average molecular weight is 433 g/mol. The van der Waals surface area contributed by atoms with Gasteiger partial charge in [-0.1, -0.05) is 12.1 Å². The maximum Gasteiger partial charge on any atom is 0.249 e. The molecule has 1 N–H and O–H groups in total. The number of carbonyl (C=O) groups is 1. The predicted molar refractivity (Wildman–Crippen MR) is 116 cm³/mol. The summed E-state index contributed by atoms with van der Waals surface area (Å²) >= 11 is 0. The number of hydrogen-bond donors (Lipinski definition) is 1. The smallest absolute Gasteiger partial charge is 0.249 e. The Kier molecular flexibility index (Phi) is 6.44. The zero-order chi connectivity index (χ0) is 21.9. The highest BCUT2D eigenvalue weighted by Crippen LogP contribution is 2.21. The highest BCUT2D eigenvalue weighted by molar-refractivity contribution is 7.89. The number of benzene rings is 1. The molecule has 1 fully saturated rings. The third-order valence-electron chi connectivity index (χ3n) is 4.63. The summed E-state index contributed by atoms with van der Waals surface area (Å²) in [6.07, 6.45) is 3.06. The number of morpholine rings is 1. The summed E-state index contributed by atoms with van der Waals surface area (Å²) in [4.78, 5) is 12.6. The number of nitrogens with zero attached hydrogens (tertiary/aromatic N) is 3. The first-order valence-electron chi connectivity index (χ1n) is 9.81. The van der Waals surface area contributed by atoms with Crippen molar-refractivity contribution < 1.29 is 17.9 Å². The molecule has 2 aromatic rings. The van der Waals surface area contributed by atoms with Crippen LogP contribution in [0.3, 0.4) is 0 Å². The van der Waals surface area contributed by atoms with Crippen molar-refractivity contribution in [2.24, 2.45) is 0 Å². The molecular formula is C21H28N4O4S.